The number of likely N-dealkylation sites (tertiary alicyclic amines) is 1. The number of rotatable bonds is 9. The molecular weight excluding hydrogens is 735 g/mol. The summed E-state index contributed by atoms with van der Waals surface area (Å²) in [7, 11) is 3.57. The maximum absolute atomic E-state index is 13.4. The van der Waals surface area contributed by atoms with Gasteiger partial charge in [0.25, 0.3) is 11.8 Å². The third-order valence-corrected chi connectivity index (χ3v) is 13.6. The Bertz CT molecular complexity index is 2290. The molecule has 302 valence electrons. The highest BCUT2D eigenvalue weighted by atomic mass is 16.2. The summed E-state index contributed by atoms with van der Waals surface area (Å²) >= 11 is 0. The lowest BCUT2D eigenvalue weighted by Crippen LogP contribution is -2.77. The van der Waals surface area contributed by atoms with E-state index in [9.17, 15) is 19.2 Å². The Balaban J connectivity index is 0.729. The predicted molar refractivity (Wildman–Crippen MR) is 219 cm³/mol. The lowest BCUT2D eigenvalue weighted by molar-refractivity contribution is -0.136. The molecule has 1 aromatic carbocycles. The molecule has 8 heterocycles. The number of imide groups is 1. The lowest BCUT2D eigenvalue weighted by Gasteiger charge is -2.64. The molecule has 1 saturated carbocycles. The number of piperidine rings is 2. The third-order valence-electron chi connectivity index (χ3n) is 13.6. The van der Waals surface area contributed by atoms with Gasteiger partial charge in [-0.3, -0.25) is 29.4 Å². The van der Waals surface area contributed by atoms with Gasteiger partial charge in [-0.05, 0) is 74.8 Å². The molecule has 0 radical (unpaired) electrons. The zero-order chi connectivity index (χ0) is 39.7. The molecule has 3 aromatic heterocycles. The highest BCUT2D eigenvalue weighted by Gasteiger charge is 2.54. The molecule has 4 saturated heterocycles. The smallest absolute Gasteiger partial charge is 0.270 e. The van der Waals surface area contributed by atoms with Gasteiger partial charge in [-0.15, -0.1) is 0 Å². The number of carbonyl (C=O) groups excluding carboxylic acids is 4. The van der Waals surface area contributed by atoms with E-state index in [0.717, 1.165) is 112 Å². The van der Waals surface area contributed by atoms with Crippen LogP contribution in [0.25, 0.3) is 11.0 Å². The molecule has 1 atom stereocenters. The molecule has 58 heavy (non-hydrogen) atoms. The number of carbonyl (C=O) groups is 4. The van der Waals surface area contributed by atoms with Crippen molar-refractivity contribution in [2.24, 2.45) is 5.92 Å². The van der Waals surface area contributed by atoms with Crippen LogP contribution in [0.4, 0.5) is 23.1 Å². The summed E-state index contributed by atoms with van der Waals surface area (Å²) in [6.45, 7) is 6.50. The average molecular weight is 786 g/mol. The summed E-state index contributed by atoms with van der Waals surface area (Å²) in [6, 6.07) is 11.6. The highest BCUT2D eigenvalue weighted by Crippen LogP contribution is 2.46. The van der Waals surface area contributed by atoms with Crippen LogP contribution in [-0.2, 0) is 16.1 Å². The Morgan fingerprint density at radius 3 is 2.48 bits per heavy atom. The number of anilines is 4. The highest BCUT2D eigenvalue weighted by molar-refractivity contribution is 6.06. The van der Waals surface area contributed by atoms with Gasteiger partial charge in [-0.2, -0.15) is 4.98 Å². The molecule has 6 aliphatic rings. The van der Waals surface area contributed by atoms with Gasteiger partial charge in [0.2, 0.25) is 17.8 Å². The number of pyridine rings is 1. The summed E-state index contributed by atoms with van der Waals surface area (Å²) in [6.07, 6.45) is 12.1. The van der Waals surface area contributed by atoms with E-state index in [1.807, 2.05) is 30.5 Å². The summed E-state index contributed by atoms with van der Waals surface area (Å²) in [5.41, 5.74) is 5.46. The van der Waals surface area contributed by atoms with Gasteiger partial charge in [0, 0.05) is 101 Å². The first-order valence-electron chi connectivity index (χ1n) is 21.0. The van der Waals surface area contributed by atoms with Gasteiger partial charge < -0.3 is 29.5 Å². The number of hydrogen-bond acceptors (Lipinski definition) is 11. The summed E-state index contributed by atoms with van der Waals surface area (Å²) in [4.78, 5) is 75.9. The molecule has 1 unspecified atom stereocenters. The van der Waals surface area contributed by atoms with Crippen LogP contribution in [0, 0.1) is 5.92 Å². The normalized spacial score (nSPS) is 22.3. The van der Waals surface area contributed by atoms with Crippen molar-refractivity contribution < 1.29 is 19.2 Å². The van der Waals surface area contributed by atoms with Crippen molar-refractivity contribution in [2.75, 3.05) is 68.5 Å². The minimum absolute atomic E-state index is 0.0227. The Labute approximate surface area is 337 Å². The van der Waals surface area contributed by atoms with Crippen LogP contribution in [-0.4, -0.2) is 123 Å². The lowest BCUT2D eigenvalue weighted by atomic mass is 9.75. The van der Waals surface area contributed by atoms with E-state index < -0.39 is 6.04 Å². The molecule has 1 spiro atoms. The van der Waals surface area contributed by atoms with Crippen molar-refractivity contribution in [2.45, 2.75) is 82.0 Å². The second-order valence-corrected chi connectivity index (χ2v) is 17.5. The van der Waals surface area contributed by atoms with Crippen molar-refractivity contribution in [3.8, 4) is 0 Å². The van der Waals surface area contributed by atoms with Crippen LogP contribution >= 0.6 is 0 Å². The number of nitrogens with zero attached hydrogens (tertiary/aromatic N) is 9. The number of nitrogens with one attached hydrogen (secondary N) is 2. The molecular formula is C43H51N11O4. The van der Waals surface area contributed by atoms with E-state index in [1.165, 1.54) is 0 Å². The van der Waals surface area contributed by atoms with Crippen molar-refractivity contribution in [1.82, 2.24) is 39.5 Å². The van der Waals surface area contributed by atoms with Gasteiger partial charge >= 0.3 is 0 Å². The Kier molecular flexibility index (Phi) is 9.10. The summed E-state index contributed by atoms with van der Waals surface area (Å²) in [5.74, 6) is 1.000. The quantitative estimate of drug-likeness (QED) is 0.234. The van der Waals surface area contributed by atoms with Gasteiger partial charge in [0.15, 0.2) is 0 Å². The molecule has 5 aliphatic heterocycles. The molecule has 15 nitrogen and oxygen atoms in total. The van der Waals surface area contributed by atoms with E-state index >= 15 is 0 Å². The fourth-order valence-electron chi connectivity index (χ4n) is 10.5. The standard InChI is InChI=1S/C43H51N11O4/c1-49(2)41(58)35-20-28-21-45-42(48-38(28)54(35)29-6-3-4-7-29)46-36-12-10-30(22-44-36)51-17-14-27(15-18-51)23-50-25-43(26-50)16-19-53(43)33-9-5-8-31-32(33)24-52(40(31)57)34-11-13-37(55)47-39(34)56/h5,8-10,12,20-22,27,29,34H,3-4,6-7,11,13-19,23-26H2,1-2H3,(H,47,55,56)(H,44,45,46,48). The zero-order valence-electron chi connectivity index (χ0n) is 33.3. The van der Waals surface area contributed by atoms with E-state index in [-0.39, 0.29) is 41.6 Å². The molecule has 5 fully saturated rings. The maximum atomic E-state index is 13.4. The average Bonchev–Trinajstić information content (AvgIpc) is 3.94. The number of hydrogen-bond donors (Lipinski definition) is 2. The van der Waals surface area contributed by atoms with E-state index in [2.05, 4.69) is 47.0 Å². The second-order valence-electron chi connectivity index (χ2n) is 17.5. The van der Waals surface area contributed by atoms with Crippen LogP contribution in [0.3, 0.4) is 0 Å². The SMILES string of the molecule is CN(C)C(=O)c1cc2cnc(Nc3ccc(N4CCC(CN5CC6(CCN6c6cccc7c6CN(C6CCC(=O)NC6=O)C7=O)C5)CC4)cn3)nc2n1C1CCCC1. The van der Waals surface area contributed by atoms with Gasteiger partial charge in [-0.25, -0.2) is 9.97 Å². The first-order chi connectivity index (χ1) is 28.1. The van der Waals surface area contributed by atoms with Crippen LogP contribution in [0.2, 0.25) is 0 Å². The van der Waals surface area contributed by atoms with Crippen molar-refractivity contribution in [3.63, 3.8) is 0 Å². The van der Waals surface area contributed by atoms with E-state index in [1.54, 1.807) is 30.1 Å². The first-order valence-corrected chi connectivity index (χ1v) is 21.0. The fraction of sp³-hybridized carbons (Fsp3) is 0.512. The van der Waals surface area contributed by atoms with Gasteiger partial charge in [0.05, 0.1) is 17.4 Å². The van der Waals surface area contributed by atoms with E-state index in [4.69, 9.17) is 9.97 Å². The number of benzene rings is 1. The monoisotopic (exact) mass is 785 g/mol. The third kappa shape index (κ3) is 6.34. The van der Waals surface area contributed by atoms with Crippen molar-refractivity contribution in [3.05, 3.63) is 65.6 Å². The Morgan fingerprint density at radius 1 is 0.966 bits per heavy atom. The van der Waals surface area contributed by atoms with Gasteiger partial charge in [0.1, 0.15) is 23.2 Å². The van der Waals surface area contributed by atoms with Gasteiger partial charge in [-0.1, -0.05) is 18.9 Å². The summed E-state index contributed by atoms with van der Waals surface area (Å²) < 4.78 is 2.13. The van der Waals surface area contributed by atoms with Crippen LogP contribution in [0.1, 0.15) is 90.2 Å². The molecule has 4 aromatic rings. The topological polar surface area (TPSA) is 152 Å². The van der Waals surface area contributed by atoms with E-state index in [0.29, 0.717) is 41.9 Å². The molecule has 1 aliphatic carbocycles. The molecule has 2 N–H and O–H groups in total. The van der Waals surface area contributed by atoms with Crippen molar-refractivity contribution >= 4 is 57.8 Å². The fourth-order valence-corrected chi connectivity index (χ4v) is 10.5. The summed E-state index contributed by atoms with van der Waals surface area (Å²) in [5, 5.41) is 6.57. The largest absolute Gasteiger partial charge is 0.370 e. The minimum Gasteiger partial charge on any atom is -0.370 e. The predicted octanol–water partition coefficient (Wildman–Crippen LogP) is 4.33. The number of fused-ring (bicyclic) bond motifs is 2. The van der Waals surface area contributed by atoms with Crippen LogP contribution in [0.15, 0.2) is 48.8 Å². The molecule has 0 bridgehead atoms. The first kappa shape index (κ1) is 36.7. The molecule has 15 heteroatoms. The van der Waals surface area contributed by atoms with Crippen molar-refractivity contribution in [1.29, 1.82) is 0 Å². The minimum atomic E-state index is -0.604. The molecule has 4 amide bonds. The van der Waals surface area contributed by atoms with Crippen LogP contribution < -0.4 is 20.4 Å². The Morgan fingerprint density at radius 2 is 1.78 bits per heavy atom. The Hall–Kier alpha value is -5.57. The zero-order valence-corrected chi connectivity index (χ0v) is 33.3. The number of amides is 4. The van der Waals surface area contributed by atoms with Crippen LogP contribution in [0.5, 0.6) is 0 Å². The second kappa shape index (κ2) is 14.4. The number of aromatic nitrogens is 4. The molecule has 10 rings (SSSR count). The maximum Gasteiger partial charge on any atom is 0.270 e.